The fourth-order valence-corrected chi connectivity index (χ4v) is 5.01. The van der Waals surface area contributed by atoms with Crippen LogP contribution in [0.1, 0.15) is 23.2 Å². The molecule has 0 radical (unpaired) electrons. The Morgan fingerprint density at radius 1 is 1.29 bits per heavy atom. The molecule has 0 aliphatic heterocycles. The highest BCUT2D eigenvalue weighted by atomic mass is 32.2. The molecular weight excluding hydrogens is 434 g/mol. The predicted molar refractivity (Wildman–Crippen MR) is 127 cm³/mol. The van der Waals surface area contributed by atoms with Crippen molar-refractivity contribution >= 4 is 39.2 Å². The summed E-state index contributed by atoms with van der Waals surface area (Å²) in [6.07, 6.45) is 0. The third kappa shape index (κ3) is 5.40. The van der Waals surface area contributed by atoms with Crippen LogP contribution < -0.4 is 15.0 Å². The van der Waals surface area contributed by atoms with Gasteiger partial charge in [-0.2, -0.15) is 0 Å². The van der Waals surface area contributed by atoms with Crippen LogP contribution in [-0.2, 0) is 10.5 Å². The van der Waals surface area contributed by atoms with Gasteiger partial charge in [-0.25, -0.2) is 4.98 Å². The topological polar surface area (TPSA) is 84.5 Å². The zero-order chi connectivity index (χ0) is 22.5. The second kappa shape index (κ2) is 10.2. The molecule has 31 heavy (non-hydrogen) atoms. The molecule has 1 aromatic carbocycles. The number of amides is 1. The number of para-hydroxylation sites is 2. The number of H-pyrrole nitrogens is 1. The lowest BCUT2D eigenvalue weighted by molar-refractivity contribution is -0.129. The van der Waals surface area contributed by atoms with E-state index in [4.69, 9.17) is 9.47 Å². The Hall–Kier alpha value is -2.52. The molecule has 0 spiro atoms. The van der Waals surface area contributed by atoms with Crippen molar-refractivity contribution in [3.63, 3.8) is 0 Å². The molecule has 1 unspecified atom stereocenters. The minimum absolute atomic E-state index is 0.000126. The van der Waals surface area contributed by atoms with E-state index in [2.05, 4.69) is 9.97 Å². The van der Waals surface area contributed by atoms with E-state index >= 15 is 0 Å². The minimum atomic E-state index is -0.274. The van der Waals surface area contributed by atoms with Crippen molar-refractivity contribution < 1.29 is 14.3 Å². The Bertz CT molecular complexity index is 1130. The summed E-state index contributed by atoms with van der Waals surface area (Å²) in [6.45, 7) is 6.61. The molecule has 0 aliphatic rings. The number of nitrogens with one attached hydrogen (secondary N) is 1. The van der Waals surface area contributed by atoms with Crippen LogP contribution in [0.5, 0.6) is 11.5 Å². The molecule has 7 nitrogen and oxygen atoms in total. The third-order valence-corrected chi connectivity index (χ3v) is 7.28. The zero-order valence-corrected chi connectivity index (χ0v) is 20.0. The molecular formula is C22H27N3O4S2. The average Bonchev–Trinajstić information content (AvgIpc) is 3.05. The van der Waals surface area contributed by atoms with Crippen LogP contribution in [0.3, 0.4) is 0 Å². The summed E-state index contributed by atoms with van der Waals surface area (Å²) in [5, 5.41) is 0.388. The number of ether oxygens (including phenoxy) is 2. The van der Waals surface area contributed by atoms with Crippen molar-refractivity contribution in [2.24, 2.45) is 0 Å². The van der Waals surface area contributed by atoms with Crippen LogP contribution in [0.15, 0.2) is 29.1 Å². The van der Waals surface area contributed by atoms with E-state index in [1.807, 2.05) is 45.0 Å². The zero-order valence-electron chi connectivity index (χ0n) is 18.4. The number of methoxy groups -OCH3 is 1. The summed E-state index contributed by atoms with van der Waals surface area (Å²) in [5.41, 5.74) is 0.862. The molecule has 1 amide bonds. The predicted octanol–water partition coefficient (Wildman–Crippen LogP) is 3.77. The molecule has 1 N–H and O–H groups in total. The number of hydrogen-bond acceptors (Lipinski definition) is 7. The molecule has 2 heterocycles. The van der Waals surface area contributed by atoms with Crippen LogP contribution in [0.2, 0.25) is 0 Å². The summed E-state index contributed by atoms with van der Waals surface area (Å²) < 4.78 is 11.0. The Morgan fingerprint density at radius 2 is 2.00 bits per heavy atom. The molecule has 3 aromatic rings. The molecule has 0 saturated carbocycles. The molecule has 3 rings (SSSR count). The standard InChI is InChI=1S/C22H27N3O4S2/c1-13-14(2)31-21-19(13)20(26)23-18(24-21)12-30-15(3)22(27)25(4)10-11-29-17-9-7-6-8-16(17)28-5/h6-9,15H,10-12H2,1-5H3,(H,23,24,26). The van der Waals surface area contributed by atoms with Gasteiger partial charge in [-0.1, -0.05) is 12.1 Å². The Balaban J connectivity index is 1.53. The van der Waals surface area contributed by atoms with Crippen LogP contribution >= 0.6 is 23.1 Å². The molecule has 0 aliphatic carbocycles. The molecule has 9 heteroatoms. The highest BCUT2D eigenvalue weighted by molar-refractivity contribution is 7.99. The van der Waals surface area contributed by atoms with Crippen LogP contribution in [0, 0.1) is 13.8 Å². The van der Waals surface area contributed by atoms with Gasteiger partial charge in [-0.05, 0) is 38.5 Å². The van der Waals surface area contributed by atoms with E-state index in [9.17, 15) is 9.59 Å². The van der Waals surface area contributed by atoms with Crippen molar-refractivity contribution in [2.75, 3.05) is 27.3 Å². The van der Waals surface area contributed by atoms with E-state index < -0.39 is 0 Å². The number of fused-ring (bicyclic) bond motifs is 1. The van der Waals surface area contributed by atoms with E-state index in [-0.39, 0.29) is 16.7 Å². The molecule has 2 aromatic heterocycles. The maximum atomic E-state index is 12.7. The lowest BCUT2D eigenvalue weighted by atomic mass is 10.2. The molecule has 166 valence electrons. The summed E-state index contributed by atoms with van der Waals surface area (Å²) in [4.78, 5) is 36.0. The van der Waals surface area contributed by atoms with Gasteiger partial charge in [0, 0.05) is 11.9 Å². The highest BCUT2D eigenvalue weighted by Gasteiger charge is 2.19. The first-order valence-corrected chi connectivity index (χ1v) is 11.8. The van der Waals surface area contributed by atoms with Gasteiger partial charge in [0.15, 0.2) is 11.5 Å². The van der Waals surface area contributed by atoms with E-state index in [1.165, 1.54) is 23.1 Å². The number of carbonyl (C=O) groups excluding carboxylic acids is 1. The van der Waals surface area contributed by atoms with Gasteiger partial charge in [0.1, 0.15) is 17.3 Å². The summed E-state index contributed by atoms with van der Waals surface area (Å²) in [7, 11) is 3.35. The molecule has 1 atom stereocenters. The number of aromatic amines is 1. The van der Waals surface area contributed by atoms with Crippen molar-refractivity contribution in [2.45, 2.75) is 31.8 Å². The smallest absolute Gasteiger partial charge is 0.259 e. The SMILES string of the molecule is COc1ccccc1OCCN(C)C(=O)C(C)SCc1nc2sc(C)c(C)c2c(=O)[nH]1. The van der Waals surface area contributed by atoms with Gasteiger partial charge >= 0.3 is 0 Å². The largest absolute Gasteiger partial charge is 0.493 e. The first kappa shape index (κ1) is 23.1. The average molecular weight is 462 g/mol. The summed E-state index contributed by atoms with van der Waals surface area (Å²) in [6, 6.07) is 7.42. The number of hydrogen-bond donors (Lipinski definition) is 1. The van der Waals surface area contributed by atoms with E-state index in [0.29, 0.717) is 41.6 Å². The van der Waals surface area contributed by atoms with Crippen molar-refractivity contribution in [1.29, 1.82) is 0 Å². The monoisotopic (exact) mass is 461 g/mol. The van der Waals surface area contributed by atoms with Gasteiger partial charge in [-0.15, -0.1) is 23.1 Å². The lowest BCUT2D eigenvalue weighted by Crippen LogP contribution is -2.36. The van der Waals surface area contributed by atoms with Gasteiger partial charge in [-0.3, -0.25) is 9.59 Å². The molecule has 0 fully saturated rings. The van der Waals surface area contributed by atoms with E-state index in [1.54, 1.807) is 19.1 Å². The maximum absolute atomic E-state index is 12.7. The van der Waals surface area contributed by atoms with Gasteiger partial charge in [0.2, 0.25) is 5.91 Å². The number of benzene rings is 1. The number of rotatable bonds is 9. The Morgan fingerprint density at radius 3 is 2.71 bits per heavy atom. The fourth-order valence-electron chi connectivity index (χ4n) is 3.09. The number of thiophene rings is 1. The van der Waals surface area contributed by atoms with Crippen molar-refractivity contribution in [3.05, 3.63) is 50.9 Å². The van der Waals surface area contributed by atoms with Crippen LogP contribution in [0.4, 0.5) is 0 Å². The molecule has 0 bridgehead atoms. The number of nitrogens with zero attached hydrogens (tertiary/aromatic N) is 2. The normalized spacial score (nSPS) is 12.0. The number of aryl methyl sites for hydroxylation is 2. The minimum Gasteiger partial charge on any atom is -0.493 e. The number of aromatic nitrogens is 2. The second-order valence-electron chi connectivity index (χ2n) is 7.19. The third-order valence-electron chi connectivity index (χ3n) is 5.04. The molecule has 0 saturated heterocycles. The maximum Gasteiger partial charge on any atom is 0.259 e. The van der Waals surface area contributed by atoms with Crippen molar-refractivity contribution in [1.82, 2.24) is 14.9 Å². The fraction of sp³-hybridized carbons (Fsp3) is 0.409. The lowest BCUT2D eigenvalue weighted by Gasteiger charge is -2.21. The van der Waals surface area contributed by atoms with E-state index in [0.717, 1.165) is 15.3 Å². The highest BCUT2D eigenvalue weighted by Crippen LogP contribution is 2.27. The quantitative estimate of drug-likeness (QED) is 0.522. The van der Waals surface area contributed by atoms with Crippen LogP contribution in [-0.4, -0.2) is 53.3 Å². The van der Waals surface area contributed by atoms with Gasteiger partial charge < -0.3 is 19.4 Å². The van der Waals surface area contributed by atoms with Gasteiger partial charge in [0.25, 0.3) is 5.56 Å². The van der Waals surface area contributed by atoms with Gasteiger partial charge in [0.05, 0.1) is 30.0 Å². The second-order valence-corrected chi connectivity index (χ2v) is 9.72. The Labute approximate surface area is 189 Å². The first-order chi connectivity index (χ1) is 14.8. The summed E-state index contributed by atoms with van der Waals surface area (Å²) in [5.74, 6) is 2.36. The van der Waals surface area contributed by atoms with Crippen molar-refractivity contribution in [3.8, 4) is 11.5 Å². The number of likely N-dealkylation sites (N-methyl/N-ethyl adjacent to an activating group) is 1. The Kier molecular flexibility index (Phi) is 7.61. The first-order valence-electron chi connectivity index (χ1n) is 9.93. The van der Waals surface area contributed by atoms with Crippen LogP contribution in [0.25, 0.3) is 10.2 Å². The number of thioether (sulfide) groups is 1. The summed E-state index contributed by atoms with van der Waals surface area (Å²) >= 11 is 2.97. The number of carbonyl (C=O) groups is 1.